The van der Waals surface area contributed by atoms with Crippen molar-refractivity contribution < 1.29 is 42.9 Å². The fraction of sp³-hybridized carbons (Fsp3) is 0.862. The molecule has 0 radical (unpaired) electrons. The van der Waals surface area contributed by atoms with E-state index in [-0.39, 0.29) is 38.6 Å². The predicted octanol–water partition coefficient (Wildman–Crippen LogP) is 17.5. The number of esters is 2. The summed E-state index contributed by atoms with van der Waals surface area (Å²) in [6.07, 6.45) is 66.5. The van der Waals surface area contributed by atoms with Crippen LogP contribution in [0.5, 0.6) is 0 Å². The number of unbranched alkanes of at least 4 members (excludes halogenated alkanes) is 38. The third kappa shape index (κ3) is 57.2. The van der Waals surface area contributed by atoms with Gasteiger partial charge in [-0.1, -0.05) is 256 Å². The molecule has 0 amide bonds. The van der Waals surface area contributed by atoms with E-state index in [0.29, 0.717) is 17.4 Å². The van der Waals surface area contributed by atoms with E-state index in [9.17, 15) is 19.5 Å². The molecular weight excluding hydrogens is 923 g/mol. The van der Waals surface area contributed by atoms with Gasteiger partial charge in [-0.3, -0.25) is 9.59 Å². The first-order chi connectivity index (χ1) is 36.1. The SMILES string of the molecule is CCCCCCC/C=C\C/C=C\CCCCCCCCCCCCCCCCCCCCCCCCCC(=O)OC(COC(=O)CCCCCCC/C=C\CCCCCCC)COC(OCC[N+](C)(C)C)C(=O)[O-]. The van der Waals surface area contributed by atoms with Crippen LogP contribution in [0.25, 0.3) is 0 Å². The zero-order valence-electron chi connectivity index (χ0n) is 49.5. The van der Waals surface area contributed by atoms with Crippen molar-refractivity contribution in [3.8, 4) is 0 Å². The normalized spacial score (nSPS) is 12.9. The summed E-state index contributed by atoms with van der Waals surface area (Å²) in [5.74, 6) is -2.28. The van der Waals surface area contributed by atoms with Gasteiger partial charge in [0.25, 0.3) is 0 Å². The van der Waals surface area contributed by atoms with Gasteiger partial charge in [-0.2, -0.15) is 0 Å². The molecule has 0 aliphatic carbocycles. The Morgan fingerprint density at radius 2 is 0.730 bits per heavy atom. The molecule has 9 heteroatoms. The monoisotopic (exact) mass is 1040 g/mol. The number of hydrogen-bond acceptors (Lipinski definition) is 8. The second kappa shape index (κ2) is 56.7. The molecule has 0 saturated heterocycles. The minimum absolute atomic E-state index is 0.148. The number of carbonyl (C=O) groups is 3. The zero-order chi connectivity index (χ0) is 54.1. The molecule has 0 N–H and O–H groups in total. The van der Waals surface area contributed by atoms with Gasteiger partial charge in [-0.05, 0) is 70.6 Å². The van der Waals surface area contributed by atoms with Crippen LogP contribution in [0.1, 0.15) is 303 Å². The Hall–Kier alpha value is -2.49. The first kappa shape index (κ1) is 71.5. The highest BCUT2D eigenvalue weighted by Gasteiger charge is 2.22. The molecule has 0 fully saturated rings. The molecule has 0 aliphatic rings. The molecule has 0 rings (SSSR count). The van der Waals surface area contributed by atoms with Gasteiger partial charge in [0.15, 0.2) is 12.4 Å². The highest BCUT2D eigenvalue weighted by atomic mass is 16.7. The maximum Gasteiger partial charge on any atom is 0.306 e. The molecule has 74 heavy (non-hydrogen) atoms. The average Bonchev–Trinajstić information content (AvgIpc) is 3.37. The molecule has 434 valence electrons. The molecule has 9 nitrogen and oxygen atoms in total. The molecule has 0 aromatic carbocycles. The standard InChI is InChI=1S/C65H121NO8/c1-6-8-10-12-14-16-18-20-22-23-24-25-26-27-28-29-30-31-32-33-34-35-36-37-38-39-40-41-42-44-46-48-50-52-54-56-63(68)74-61(60-73-65(64(69)70)71-58-57-66(3,4)5)59-72-62(67)55-53-51-49-47-45-43-21-19-17-15-13-11-9-7-2/h18-21,23-24,61,65H,6-17,22,25-60H2,1-5H3/b20-18-,21-19-,24-23-. The maximum atomic E-state index is 12.9. The first-order valence-corrected chi connectivity index (χ1v) is 31.6. The number of carbonyl (C=O) groups excluding carboxylic acids is 3. The van der Waals surface area contributed by atoms with Crippen LogP contribution in [0.3, 0.4) is 0 Å². The van der Waals surface area contributed by atoms with E-state index in [1.165, 1.54) is 212 Å². The number of nitrogens with zero attached hydrogens (tertiary/aromatic N) is 1. The highest BCUT2D eigenvalue weighted by Crippen LogP contribution is 2.17. The summed E-state index contributed by atoms with van der Waals surface area (Å²) in [6, 6.07) is 0. The quantitative estimate of drug-likeness (QED) is 0.0195. The van der Waals surface area contributed by atoms with E-state index >= 15 is 0 Å². The van der Waals surface area contributed by atoms with Gasteiger partial charge >= 0.3 is 11.9 Å². The summed E-state index contributed by atoms with van der Waals surface area (Å²) in [4.78, 5) is 37.3. The molecule has 2 atom stereocenters. The number of likely N-dealkylation sites (N-methyl/N-ethyl adjacent to an activating group) is 1. The van der Waals surface area contributed by atoms with E-state index in [4.69, 9.17) is 18.9 Å². The van der Waals surface area contributed by atoms with Crippen LogP contribution >= 0.6 is 0 Å². The molecule has 0 saturated carbocycles. The fourth-order valence-corrected chi connectivity index (χ4v) is 9.21. The van der Waals surface area contributed by atoms with Gasteiger partial charge in [0.2, 0.25) is 0 Å². The van der Waals surface area contributed by atoms with Crippen molar-refractivity contribution in [3.05, 3.63) is 36.5 Å². The number of carboxylic acids is 1. The molecule has 0 aromatic heterocycles. The average molecular weight is 1040 g/mol. The summed E-state index contributed by atoms with van der Waals surface area (Å²) in [7, 11) is 5.93. The third-order valence-electron chi connectivity index (χ3n) is 14.1. The molecule has 0 aliphatic heterocycles. The first-order valence-electron chi connectivity index (χ1n) is 31.6. The van der Waals surface area contributed by atoms with Crippen molar-refractivity contribution in [2.45, 2.75) is 315 Å². The molecule has 0 aromatic rings. The number of quaternary nitrogens is 1. The molecular formula is C65H121NO8. The lowest BCUT2D eigenvalue weighted by molar-refractivity contribution is -0.870. The van der Waals surface area contributed by atoms with Crippen molar-refractivity contribution >= 4 is 17.9 Å². The Labute approximate surface area is 458 Å². The highest BCUT2D eigenvalue weighted by molar-refractivity contribution is 5.70. The number of aliphatic carboxylic acids is 1. The smallest absolute Gasteiger partial charge is 0.306 e. The van der Waals surface area contributed by atoms with Crippen molar-refractivity contribution in [2.75, 3.05) is 47.5 Å². The summed E-state index contributed by atoms with van der Waals surface area (Å²) in [5, 5.41) is 11.8. The van der Waals surface area contributed by atoms with Gasteiger partial charge in [0.05, 0.1) is 40.3 Å². The number of allylic oxidation sites excluding steroid dienone is 6. The second-order valence-corrected chi connectivity index (χ2v) is 22.7. The van der Waals surface area contributed by atoms with Crippen molar-refractivity contribution in [2.24, 2.45) is 0 Å². The second-order valence-electron chi connectivity index (χ2n) is 22.7. The van der Waals surface area contributed by atoms with Crippen molar-refractivity contribution in [1.29, 1.82) is 0 Å². The Morgan fingerprint density at radius 1 is 0.405 bits per heavy atom. The Morgan fingerprint density at radius 3 is 1.08 bits per heavy atom. The number of ether oxygens (including phenoxy) is 4. The largest absolute Gasteiger partial charge is 0.545 e. The lowest BCUT2D eigenvalue weighted by atomic mass is 10.0. The predicted molar refractivity (Wildman–Crippen MR) is 311 cm³/mol. The molecule has 0 spiro atoms. The minimum atomic E-state index is -1.62. The zero-order valence-corrected chi connectivity index (χ0v) is 49.5. The van der Waals surface area contributed by atoms with Crippen LogP contribution in [0, 0.1) is 0 Å². The molecule has 2 unspecified atom stereocenters. The fourth-order valence-electron chi connectivity index (χ4n) is 9.21. The van der Waals surface area contributed by atoms with E-state index in [0.717, 1.165) is 57.8 Å². The van der Waals surface area contributed by atoms with Crippen molar-refractivity contribution in [3.63, 3.8) is 0 Å². The van der Waals surface area contributed by atoms with Crippen LogP contribution in [-0.4, -0.2) is 82.3 Å². The summed E-state index contributed by atoms with van der Waals surface area (Å²) in [5.41, 5.74) is 0. The summed E-state index contributed by atoms with van der Waals surface area (Å²) < 4.78 is 22.7. The van der Waals surface area contributed by atoms with E-state index in [1.54, 1.807) is 0 Å². The van der Waals surface area contributed by atoms with E-state index < -0.39 is 24.3 Å². The van der Waals surface area contributed by atoms with Crippen LogP contribution in [-0.2, 0) is 33.3 Å². The van der Waals surface area contributed by atoms with Gasteiger partial charge in [-0.25, -0.2) is 0 Å². The van der Waals surface area contributed by atoms with E-state index in [2.05, 4.69) is 50.3 Å². The van der Waals surface area contributed by atoms with E-state index in [1.807, 2.05) is 21.1 Å². The number of rotatable bonds is 59. The number of carboxylic acid groups (broad SMARTS) is 1. The Balaban J connectivity index is 4.00. The van der Waals surface area contributed by atoms with Gasteiger partial charge in [-0.15, -0.1) is 0 Å². The number of hydrogen-bond donors (Lipinski definition) is 0. The van der Waals surface area contributed by atoms with Crippen LogP contribution in [0.4, 0.5) is 0 Å². The molecule has 0 bridgehead atoms. The van der Waals surface area contributed by atoms with Crippen molar-refractivity contribution in [1.82, 2.24) is 0 Å². The lowest BCUT2D eigenvalue weighted by Gasteiger charge is -2.26. The van der Waals surface area contributed by atoms with Gasteiger partial charge in [0, 0.05) is 12.8 Å². The Kier molecular flexibility index (Phi) is 54.8. The van der Waals surface area contributed by atoms with Crippen LogP contribution in [0.15, 0.2) is 36.5 Å². The topological polar surface area (TPSA) is 111 Å². The minimum Gasteiger partial charge on any atom is -0.545 e. The van der Waals surface area contributed by atoms with Crippen LogP contribution < -0.4 is 5.11 Å². The van der Waals surface area contributed by atoms with Gasteiger partial charge in [0.1, 0.15) is 13.2 Å². The summed E-state index contributed by atoms with van der Waals surface area (Å²) in [6.45, 7) is 4.75. The van der Waals surface area contributed by atoms with Gasteiger partial charge < -0.3 is 33.3 Å². The maximum absolute atomic E-state index is 12.9. The third-order valence-corrected chi connectivity index (χ3v) is 14.1. The molecule has 0 heterocycles. The lowest BCUT2D eigenvalue weighted by Crippen LogP contribution is -2.44. The Bertz CT molecular complexity index is 1310. The summed E-state index contributed by atoms with van der Waals surface area (Å²) >= 11 is 0. The van der Waals surface area contributed by atoms with Crippen LogP contribution in [0.2, 0.25) is 0 Å².